The minimum atomic E-state index is -0.631. The molecule has 6 nitrogen and oxygen atoms in total. The van der Waals surface area contributed by atoms with Gasteiger partial charge in [-0.25, -0.2) is 4.79 Å². The van der Waals surface area contributed by atoms with Crippen LogP contribution in [0.15, 0.2) is 48.5 Å². The average Bonchev–Trinajstić information content (AvgIpc) is 3.09. The van der Waals surface area contributed by atoms with Crippen LogP contribution >= 0.6 is 0 Å². The van der Waals surface area contributed by atoms with Crippen LogP contribution in [-0.4, -0.2) is 32.2 Å². The predicted octanol–water partition coefficient (Wildman–Crippen LogP) is 2.71. The lowest BCUT2D eigenvalue weighted by molar-refractivity contribution is -0.141. The SMILES string of the molecule is COC(=O)CCC1(c2ccccc2)CNC(=O)N1c1ccc2c(c1)CCNC2. The summed E-state index contributed by atoms with van der Waals surface area (Å²) >= 11 is 0. The largest absolute Gasteiger partial charge is 0.469 e. The van der Waals surface area contributed by atoms with Crippen LogP contribution in [0.25, 0.3) is 0 Å². The molecule has 1 saturated heterocycles. The molecule has 2 amide bonds. The highest BCUT2D eigenvalue weighted by molar-refractivity contribution is 5.96. The summed E-state index contributed by atoms with van der Waals surface area (Å²) in [4.78, 5) is 26.7. The van der Waals surface area contributed by atoms with Crippen molar-refractivity contribution >= 4 is 17.7 Å². The van der Waals surface area contributed by atoms with Gasteiger partial charge in [0.05, 0.1) is 12.6 Å². The number of urea groups is 1. The van der Waals surface area contributed by atoms with E-state index in [1.807, 2.05) is 41.3 Å². The number of benzene rings is 2. The van der Waals surface area contributed by atoms with E-state index in [4.69, 9.17) is 4.74 Å². The second kappa shape index (κ2) is 7.64. The topological polar surface area (TPSA) is 70.7 Å². The summed E-state index contributed by atoms with van der Waals surface area (Å²) in [6.45, 7) is 2.24. The molecule has 2 N–H and O–H groups in total. The fraction of sp³-hybridized carbons (Fsp3) is 0.364. The quantitative estimate of drug-likeness (QED) is 0.784. The van der Waals surface area contributed by atoms with E-state index in [0.29, 0.717) is 13.0 Å². The molecule has 28 heavy (non-hydrogen) atoms. The number of ether oxygens (including phenoxy) is 1. The Morgan fingerprint density at radius 3 is 2.79 bits per heavy atom. The molecule has 1 atom stereocenters. The number of hydrogen-bond acceptors (Lipinski definition) is 4. The molecular weight excluding hydrogens is 354 g/mol. The average molecular weight is 379 g/mol. The molecule has 0 bridgehead atoms. The monoisotopic (exact) mass is 379 g/mol. The van der Waals surface area contributed by atoms with Crippen LogP contribution in [0.4, 0.5) is 10.5 Å². The van der Waals surface area contributed by atoms with Gasteiger partial charge in [-0.1, -0.05) is 36.4 Å². The van der Waals surface area contributed by atoms with E-state index in [2.05, 4.69) is 22.8 Å². The number of fused-ring (bicyclic) bond motifs is 1. The van der Waals surface area contributed by atoms with Gasteiger partial charge in [-0.05, 0) is 48.2 Å². The van der Waals surface area contributed by atoms with Gasteiger partial charge in [0.1, 0.15) is 0 Å². The van der Waals surface area contributed by atoms with Crippen molar-refractivity contribution in [1.29, 1.82) is 0 Å². The molecule has 1 fully saturated rings. The summed E-state index contributed by atoms with van der Waals surface area (Å²) in [5.74, 6) is -0.272. The maximum atomic E-state index is 12.9. The van der Waals surface area contributed by atoms with Crippen LogP contribution in [0.2, 0.25) is 0 Å². The maximum Gasteiger partial charge on any atom is 0.322 e. The van der Waals surface area contributed by atoms with E-state index in [9.17, 15) is 9.59 Å². The molecule has 146 valence electrons. The van der Waals surface area contributed by atoms with E-state index in [0.717, 1.165) is 30.8 Å². The number of hydrogen-bond donors (Lipinski definition) is 2. The number of anilines is 1. The molecule has 2 heterocycles. The molecular formula is C22H25N3O3. The molecule has 2 aromatic carbocycles. The van der Waals surface area contributed by atoms with Gasteiger partial charge in [0, 0.05) is 25.2 Å². The summed E-state index contributed by atoms with van der Waals surface area (Å²) in [6, 6.07) is 16.0. The summed E-state index contributed by atoms with van der Waals surface area (Å²) < 4.78 is 4.86. The van der Waals surface area contributed by atoms with Gasteiger partial charge in [-0.2, -0.15) is 0 Å². The Kier molecular flexibility index (Phi) is 5.05. The van der Waals surface area contributed by atoms with Gasteiger partial charge in [-0.3, -0.25) is 9.69 Å². The summed E-state index contributed by atoms with van der Waals surface area (Å²) in [6.07, 6.45) is 1.67. The molecule has 0 spiro atoms. The van der Waals surface area contributed by atoms with E-state index in [-0.39, 0.29) is 18.4 Å². The lowest BCUT2D eigenvalue weighted by atomic mass is 9.84. The highest BCUT2D eigenvalue weighted by atomic mass is 16.5. The van der Waals surface area contributed by atoms with E-state index in [1.165, 1.54) is 18.2 Å². The molecule has 6 heteroatoms. The van der Waals surface area contributed by atoms with E-state index >= 15 is 0 Å². The molecule has 1 unspecified atom stereocenters. The third-order valence-corrected chi connectivity index (χ3v) is 5.78. The summed E-state index contributed by atoms with van der Waals surface area (Å²) in [7, 11) is 1.39. The summed E-state index contributed by atoms with van der Waals surface area (Å²) in [5.41, 5.74) is 3.79. The van der Waals surface area contributed by atoms with E-state index < -0.39 is 5.54 Å². The van der Waals surface area contributed by atoms with Crippen molar-refractivity contribution < 1.29 is 14.3 Å². The highest BCUT2D eigenvalue weighted by Gasteiger charge is 2.47. The normalized spacial score (nSPS) is 21.2. The van der Waals surface area contributed by atoms with Crippen LogP contribution in [0.3, 0.4) is 0 Å². The predicted molar refractivity (Wildman–Crippen MR) is 107 cm³/mol. The van der Waals surface area contributed by atoms with Gasteiger partial charge in [0.2, 0.25) is 0 Å². The maximum absolute atomic E-state index is 12.9. The Bertz CT molecular complexity index is 884. The number of methoxy groups -OCH3 is 1. The van der Waals surface area contributed by atoms with Gasteiger partial charge in [0.15, 0.2) is 0 Å². The highest BCUT2D eigenvalue weighted by Crippen LogP contribution is 2.40. The number of amides is 2. The number of nitrogens with zero attached hydrogens (tertiary/aromatic N) is 1. The number of nitrogens with one attached hydrogen (secondary N) is 2. The Balaban J connectivity index is 1.77. The van der Waals surface area contributed by atoms with Crippen LogP contribution < -0.4 is 15.5 Å². The fourth-order valence-corrected chi connectivity index (χ4v) is 4.28. The van der Waals surface area contributed by atoms with Crippen LogP contribution in [-0.2, 0) is 28.0 Å². The molecule has 0 aliphatic carbocycles. The van der Waals surface area contributed by atoms with E-state index in [1.54, 1.807) is 0 Å². The van der Waals surface area contributed by atoms with Crippen molar-refractivity contribution in [1.82, 2.24) is 10.6 Å². The van der Waals surface area contributed by atoms with Crippen molar-refractivity contribution in [3.05, 3.63) is 65.2 Å². The Morgan fingerprint density at radius 2 is 2.00 bits per heavy atom. The van der Waals surface area contributed by atoms with Crippen molar-refractivity contribution in [3.8, 4) is 0 Å². The molecule has 4 rings (SSSR count). The molecule has 2 aromatic rings. The van der Waals surface area contributed by atoms with Crippen LogP contribution in [0.1, 0.15) is 29.5 Å². The molecule has 2 aliphatic rings. The van der Waals surface area contributed by atoms with Crippen LogP contribution in [0.5, 0.6) is 0 Å². The van der Waals surface area contributed by atoms with Crippen molar-refractivity contribution in [2.75, 3.05) is 25.1 Å². The standard InChI is InChI=1S/C22H25N3O3/c1-28-20(26)9-11-22(18-5-3-2-4-6-18)15-24-21(27)25(22)19-8-7-17-14-23-12-10-16(17)13-19/h2-8,13,23H,9-12,14-15H2,1H3,(H,24,27). The second-order valence-electron chi connectivity index (χ2n) is 7.35. The first-order valence-corrected chi connectivity index (χ1v) is 9.67. The van der Waals surface area contributed by atoms with Crippen molar-refractivity contribution in [3.63, 3.8) is 0 Å². The Morgan fingerprint density at radius 1 is 1.18 bits per heavy atom. The zero-order chi connectivity index (χ0) is 19.6. The number of esters is 1. The van der Waals surface area contributed by atoms with Crippen LogP contribution in [0, 0.1) is 0 Å². The number of rotatable bonds is 5. The third kappa shape index (κ3) is 3.24. The minimum absolute atomic E-state index is 0.136. The zero-order valence-corrected chi connectivity index (χ0v) is 16.0. The second-order valence-corrected chi connectivity index (χ2v) is 7.35. The number of carbonyl (C=O) groups is 2. The first kappa shape index (κ1) is 18.5. The Labute approximate surface area is 164 Å². The molecule has 0 saturated carbocycles. The van der Waals surface area contributed by atoms with Crippen molar-refractivity contribution in [2.45, 2.75) is 31.3 Å². The fourth-order valence-electron chi connectivity index (χ4n) is 4.28. The lowest BCUT2D eigenvalue weighted by Crippen LogP contribution is -2.45. The smallest absolute Gasteiger partial charge is 0.322 e. The van der Waals surface area contributed by atoms with Crippen molar-refractivity contribution in [2.24, 2.45) is 0 Å². The molecule has 0 aromatic heterocycles. The summed E-state index contributed by atoms with van der Waals surface area (Å²) in [5, 5.41) is 6.38. The first-order chi connectivity index (χ1) is 13.6. The van der Waals surface area contributed by atoms with Gasteiger partial charge >= 0.3 is 12.0 Å². The van der Waals surface area contributed by atoms with Gasteiger partial charge < -0.3 is 15.4 Å². The Hall–Kier alpha value is -2.86. The number of carbonyl (C=O) groups excluding carboxylic acids is 2. The first-order valence-electron chi connectivity index (χ1n) is 9.67. The molecule has 0 radical (unpaired) electrons. The lowest BCUT2D eigenvalue weighted by Gasteiger charge is -2.38. The minimum Gasteiger partial charge on any atom is -0.469 e. The zero-order valence-electron chi connectivity index (χ0n) is 16.0. The van der Waals surface area contributed by atoms with Gasteiger partial charge in [-0.15, -0.1) is 0 Å². The molecule has 2 aliphatic heterocycles. The third-order valence-electron chi connectivity index (χ3n) is 5.78. The van der Waals surface area contributed by atoms with Gasteiger partial charge in [0.25, 0.3) is 0 Å².